The van der Waals surface area contributed by atoms with E-state index in [0.717, 1.165) is 5.56 Å². The molecule has 0 aromatic heterocycles. The molecule has 0 aliphatic rings. The highest BCUT2D eigenvalue weighted by Gasteiger charge is 2.16. The van der Waals surface area contributed by atoms with Gasteiger partial charge < -0.3 is 16.6 Å². The zero-order chi connectivity index (χ0) is 10.6. The molecule has 0 bridgehead atoms. The summed E-state index contributed by atoms with van der Waals surface area (Å²) in [6, 6.07) is 9.38. The van der Waals surface area contributed by atoms with Gasteiger partial charge >= 0.3 is 0 Å². The molecule has 1 aromatic carbocycles. The summed E-state index contributed by atoms with van der Waals surface area (Å²) < 4.78 is 0. The first-order valence-corrected chi connectivity index (χ1v) is 4.92. The van der Waals surface area contributed by atoms with Crippen LogP contribution in [0.3, 0.4) is 0 Å². The normalized spacial score (nSPS) is 14.8. The highest BCUT2D eigenvalue weighted by atomic mass is 31.0. The van der Waals surface area contributed by atoms with E-state index in [0.29, 0.717) is 6.42 Å². The Bertz CT molecular complexity index is 302. The van der Waals surface area contributed by atoms with E-state index >= 15 is 0 Å². The summed E-state index contributed by atoms with van der Waals surface area (Å²) in [5.74, 6) is 0. The zero-order valence-electron chi connectivity index (χ0n) is 7.85. The molecule has 0 fully saturated rings. The second-order valence-corrected chi connectivity index (χ2v) is 3.83. The van der Waals surface area contributed by atoms with Gasteiger partial charge in [-0.05, 0) is 12.0 Å². The molecule has 0 aliphatic carbocycles. The van der Waals surface area contributed by atoms with E-state index in [1.54, 1.807) is 0 Å². The zero-order valence-corrected chi connectivity index (χ0v) is 8.85. The average Bonchev–Trinajstić information content (AvgIpc) is 2.18. The highest BCUT2D eigenvalue weighted by molar-refractivity contribution is 7.21. The van der Waals surface area contributed by atoms with Crippen LogP contribution in [0, 0.1) is 0 Å². The Balaban J connectivity index is 2.57. The molecular weight excluding hydrogens is 195 g/mol. The van der Waals surface area contributed by atoms with E-state index in [1.807, 2.05) is 30.3 Å². The van der Waals surface area contributed by atoms with Crippen molar-refractivity contribution in [2.24, 2.45) is 11.5 Å². The highest BCUT2D eigenvalue weighted by Crippen LogP contribution is 2.04. The molecule has 14 heavy (non-hydrogen) atoms. The molecule has 0 unspecified atom stereocenters. The molecule has 0 heterocycles. The Hall–Kier alpha value is -0.730. The molecule has 3 nitrogen and oxygen atoms in total. The summed E-state index contributed by atoms with van der Waals surface area (Å²) in [6.45, 7) is 0. The van der Waals surface area contributed by atoms with Crippen LogP contribution in [0.1, 0.15) is 5.56 Å². The van der Waals surface area contributed by atoms with Crippen LogP contribution in [-0.2, 0) is 6.42 Å². The lowest BCUT2D eigenvalue weighted by atomic mass is 10.0. The van der Waals surface area contributed by atoms with Gasteiger partial charge in [0, 0.05) is 11.5 Å². The maximum atomic E-state index is 9.52. The average molecular weight is 210 g/mol. The molecule has 0 saturated carbocycles. The molecule has 0 spiro atoms. The Morgan fingerprint density at radius 1 is 1.36 bits per heavy atom. The van der Waals surface area contributed by atoms with Crippen molar-refractivity contribution in [1.29, 1.82) is 0 Å². The van der Waals surface area contributed by atoms with E-state index in [1.165, 1.54) is 0 Å². The van der Waals surface area contributed by atoms with Crippen molar-refractivity contribution in [3.63, 3.8) is 0 Å². The number of aliphatic hydroxyl groups excluding tert-OH is 1. The molecule has 5 N–H and O–H groups in total. The first kappa shape index (κ1) is 11.3. The van der Waals surface area contributed by atoms with E-state index in [-0.39, 0.29) is 11.5 Å². The van der Waals surface area contributed by atoms with Crippen molar-refractivity contribution in [3.8, 4) is 0 Å². The summed E-state index contributed by atoms with van der Waals surface area (Å²) in [7, 11) is 3.07. The number of hydrogen-bond donors (Lipinski definition) is 3. The second-order valence-electron chi connectivity index (χ2n) is 3.25. The number of nitrogens with two attached hydrogens (primary N) is 2. The summed E-state index contributed by atoms with van der Waals surface area (Å²) in [4.78, 5) is 0. The molecule has 1 aromatic rings. The SMILES string of the molecule is NC(=P)[C@@H](O)[C@H](N)Cc1ccccc1. The fourth-order valence-corrected chi connectivity index (χ4v) is 1.44. The number of hydrogen-bond acceptors (Lipinski definition) is 2. The monoisotopic (exact) mass is 210 g/mol. The lowest BCUT2D eigenvalue weighted by Gasteiger charge is -2.18. The van der Waals surface area contributed by atoms with Crippen LogP contribution in [0.25, 0.3) is 0 Å². The predicted molar refractivity (Wildman–Crippen MR) is 61.6 cm³/mol. The Morgan fingerprint density at radius 3 is 2.43 bits per heavy atom. The minimum Gasteiger partial charge on any atom is -0.385 e. The molecule has 76 valence electrons. The van der Waals surface area contributed by atoms with Crippen LogP contribution in [-0.4, -0.2) is 22.7 Å². The topological polar surface area (TPSA) is 72.3 Å². The summed E-state index contributed by atoms with van der Waals surface area (Å²) in [5.41, 5.74) is 12.5. The summed E-state index contributed by atoms with van der Waals surface area (Å²) in [6.07, 6.45) is -0.209. The molecule has 0 aliphatic heterocycles. The largest absolute Gasteiger partial charge is 0.385 e. The van der Waals surface area contributed by atoms with Crippen LogP contribution < -0.4 is 11.5 Å². The number of rotatable bonds is 4. The lowest BCUT2D eigenvalue weighted by Crippen LogP contribution is -2.44. The maximum absolute atomic E-state index is 9.52. The smallest absolute Gasteiger partial charge is 0.108 e. The second kappa shape index (κ2) is 5.23. The molecule has 2 atom stereocenters. The quantitative estimate of drug-likeness (QED) is 0.619. The van der Waals surface area contributed by atoms with Crippen LogP contribution in [0.2, 0.25) is 0 Å². The lowest BCUT2D eigenvalue weighted by molar-refractivity contribution is 0.209. The molecule has 1 rings (SSSR count). The van der Waals surface area contributed by atoms with Gasteiger partial charge in [0.05, 0.1) is 0 Å². The summed E-state index contributed by atoms with van der Waals surface area (Å²) in [5, 5.41) is 9.52. The van der Waals surface area contributed by atoms with Crippen LogP contribution in [0.4, 0.5) is 0 Å². The molecule has 0 amide bonds. The third kappa shape index (κ3) is 3.20. The van der Waals surface area contributed by atoms with Crippen molar-refractivity contribution < 1.29 is 5.11 Å². The number of benzene rings is 1. The molecule has 4 heteroatoms. The first-order valence-electron chi connectivity index (χ1n) is 4.42. The standard InChI is InChI=1S/C10H15N2OP/c11-8(9(13)10(12)14)6-7-4-2-1-3-5-7/h1-5,8-9,13-14H,6,11-12H2/t8-,9+/m1/s1. The number of aliphatic hydroxyl groups is 1. The van der Waals surface area contributed by atoms with Crippen LogP contribution in [0.15, 0.2) is 30.3 Å². The fraction of sp³-hybridized carbons (Fsp3) is 0.300. The fourth-order valence-electron chi connectivity index (χ4n) is 1.23. The van der Waals surface area contributed by atoms with E-state index in [2.05, 4.69) is 8.86 Å². The van der Waals surface area contributed by atoms with Gasteiger partial charge in [0.15, 0.2) is 0 Å². The third-order valence-electron chi connectivity index (χ3n) is 2.04. The molecular formula is C10H15N2OP. The summed E-state index contributed by atoms with van der Waals surface area (Å²) >= 11 is 0. The third-order valence-corrected chi connectivity index (χ3v) is 2.33. The van der Waals surface area contributed by atoms with E-state index in [9.17, 15) is 5.11 Å². The Labute approximate surface area is 86.0 Å². The van der Waals surface area contributed by atoms with Crippen LogP contribution >= 0.6 is 8.86 Å². The van der Waals surface area contributed by atoms with Crippen molar-refractivity contribution in [2.75, 3.05) is 0 Å². The van der Waals surface area contributed by atoms with Gasteiger partial charge in [-0.25, -0.2) is 0 Å². The minimum atomic E-state index is -0.813. The van der Waals surface area contributed by atoms with Crippen molar-refractivity contribution >= 4 is 14.3 Å². The van der Waals surface area contributed by atoms with Crippen molar-refractivity contribution in [3.05, 3.63) is 35.9 Å². The van der Waals surface area contributed by atoms with Gasteiger partial charge in [-0.3, -0.25) is 0 Å². The van der Waals surface area contributed by atoms with Gasteiger partial charge in [0.25, 0.3) is 0 Å². The van der Waals surface area contributed by atoms with E-state index < -0.39 is 6.10 Å². The van der Waals surface area contributed by atoms with Gasteiger partial charge in [0.1, 0.15) is 6.10 Å². The molecule has 0 saturated heterocycles. The first-order chi connectivity index (χ1) is 6.61. The van der Waals surface area contributed by atoms with E-state index in [4.69, 9.17) is 11.5 Å². The van der Waals surface area contributed by atoms with Gasteiger partial charge in [-0.2, -0.15) is 0 Å². The van der Waals surface area contributed by atoms with Crippen LogP contribution in [0.5, 0.6) is 0 Å². The Kier molecular flexibility index (Phi) is 4.23. The Morgan fingerprint density at radius 2 is 1.93 bits per heavy atom. The molecule has 0 radical (unpaired) electrons. The van der Waals surface area contributed by atoms with Gasteiger partial charge in [0.2, 0.25) is 0 Å². The van der Waals surface area contributed by atoms with Gasteiger partial charge in [-0.1, -0.05) is 30.3 Å². The van der Waals surface area contributed by atoms with Crippen molar-refractivity contribution in [1.82, 2.24) is 0 Å². The van der Waals surface area contributed by atoms with Crippen molar-refractivity contribution in [2.45, 2.75) is 18.6 Å². The van der Waals surface area contributed by atoms with Gasteiger partial charge in [-0.15, -0.1) is 8.86 Å². The maximum Gasteiger partial charge on any atom is 0.108 e. The predicted octanol–water partition coefficient (Wildman–Crippen LogP) is 0.149. The minimum absolute atomic E-state index is 0.272.